The molecule has 1 heterocycles. The summed E-state index contributed by atoms with van der Waals surface area (Å²) in [6.45, 7) is 7.88. The second-order valence-corrected chi connectivity index (χ2v) is 8.45. The van der Waals surface area contributed by atoms with Gasteiger partial charge < -0.3 is 20.3 Å². The molecule has 0 bridgehead atoms. The zero-order chi connectivity index (χ0) is 18.0. The molecular weight excluding hydrogens is 318 g/mol. The molecule has 0 aromatic carbocycles. The number of ether oxygens (including phenoxy) is 1. The Bertz CT molecular complexity index is 504. The van der Waals surface area contributed by atoms with Crippen LogP contribution in [0.5, 0.6) is 0 Å². The number of urea groups is 1. The van der Waals surface area contributed by atoms with Crippen molar-refractivity contribution in [1.82, 2.24) is 15.5 Å². The van der Waals surface area contributed by atoms with E-state index in [0.717, 1.165) is 51.6 Å². The highest BCUT2D eigenvalue weighted by atomic mass is 16.5. The molecule has 6 heteroatoms. The van der Waals surface area contributed by atoms with Crippen LogP contribution in [0.2, 0.25) is 0 Å². The third-order valence-electron chi connectivity index (χ3n) is 5.78. The van der Waals surface area contributed by atoms with Crippen LogP contribution in [0.25, 0.3) is 0 Å². The first kappa shape index (κ1) is 18.5. The van der Waals surface area contributed by atoms with E-state index in [1.54, 1.807) is 0 Å². The molecule has 0 unspecified atom stereocenters. The summed E-state index contributed by atoms with van der Waals surface area (Å²) in [5.41, 5.74) is -0.228. The van der Waals surface area contributed by atoms with Gasteiger partial charge in [0.2, 0.25) is 5.91 Å². The van der Waals surface area contributed by atoms with Crippen molar-refractivity contribution in [2.24, 2.45) is 5.92 Å². The number of hydrogen-bond acceptors (Lipinski definition) is 3. The molecule has 2 aliphatic carbocycles. The van der Waals surface area contributed by atoms with Crippen molar-refractivity contribution in [3.05, 3.63) is 0 Å². The van der Waals surface area contributed by atoms with E-state index in [4.69, 9.17) is 4.74 Å². The van der Waals surface area contributed by atoms with Gasteiger partial charge in [-0.3, -0.25) is 4.79 Å². The molecule has 3 rings (SSSR count). The SMILES string of the molecule is CC(C)O[C@@]1(C)C[C@H]1NC(=O)N[C@H]1CC[C@@H](C(=O)N2CCCCC2)C1. The van der Waals surface area contributed by atoms with E-state index in [0.29, 0.717) is 5.91 Å². The van der Waals surface area contributed by atoms with Crippen LogP contribution >= 0.6 is 0 Å². The Kier molecular flexibility index (Phi) is 5.56. The van der Waals surface area contributed by atoms with Crippen LogP contribution in [0.4, 0.5) is 4.79 Å². The fourth-order valence-electron chi connectivity index (χ4n) is 4.31. The number of carbonyl (C=O) groups excluding carboxylic acids is 2. The monoisotopic (exact) mass is 351 g/mol. The van der Waals surface area contributed by atoms with Crippen LogP contribution < -0.4 is 10.6 Å². The zero-order valence-electron chi connectivity index (χ0n) is 15.8. The Balaban J connectivity index is 1.39. The Hall–Kier alpha value is -1.30. The maximum atomic E-state index is 12.6. The lowest BCUT2D eigenvalue weighted by atomic mass is 10.0. The van der Waals surface area contributed by atoms with Gasteiger partial charge in [0.05, 0.1) is 17.7 Å². The van der Waals surface area contributed by atoms with Gasteiger partial charge in [-0.05, 0) is 59.3 Å². The molecule has 3 aliphatic rings. The lowest BCUT2D eigenvalue weighted by Gasteiger charge is -2.29. The Morgan fingerprint density at radius 3 is 2.52 bits per heavy atom. The van der Waals surface area contributed by atoms with Gasteiger partial charge in [0, 0.05) is 31.5 Å². The Morgan fingerprint density at radius 2 is 1.84 bits per heavy atom. The van der Waals surface area contributed by atoms with Crippen LogP contribution in [0, 0.1) is 5.92 Å². The average molecular weight is 351 g/mol. The summed E-state index contributed by atoms with van der Waals surface area (Å²) in [6, 6.07) is 0.0639. The molecule has 0 spiro atoms. The van der Waals surface area contributed by atoms with Gasteiger partial charge in [-0.25, -0.2) is 4.79 Å². The molecule has 0 radical (unpaired) electrons. The summed E-state index contributed by atoms with van der Waals surface area (Å²) < 4.78 is 5.86. The number of amides is 3. The van der Waals surface area contributed by atoms with Crippen LogP contribution in [0.1, 0.15) is 65.7 Å². The summed E-state index contributed by atoms with van der Waals surface area (Å²) in [4.78, 5) is 26.8. The van der Waals surface area contributed by atoms with Crippen molar-refractivity contribution in [1.29, 1.82) is 0 Å². The van der Waals surface area contributed by atoms with Gasteiger partial charge in [0.15, 0.2) is 0 Å². The number of piperidine rings is 1. The van der Waals surface area contributed by atoms with Crippen molar-refractivity contribution < 1.29 is 14.3 Å². The van der Waals surface area contributed by atoms with Crippen molar-refractivity contribution >= 4 is 11.9 Å². The minimum atomic E-state index is -0.228. The normalized spacial score (nSPS) is 34.9. The van der Waals surface area contributed by atoms with E-state index >= 15 is 0 Å². The first-order valence-corrected chi connectivity index (χ1v) is 9.91. The van der Waals surface area contributed by atoms with Crippen molar-refractivity contribution in [2.75, 3.05) is 13.1 Å². The number of nitrogens with zero attached hydrogens (tertiary/aromatic N) is 1. The maximum absolute atomic E-state index is 12.6. The van der Waals surface area contributed by atoms with Crippen LogP contribution in [0.15, 0.2) is 0 Å². The summed E-state index contributed by atoms with van der Waals surface area (Å²) in [6.07, 6.45) is 7.06. The lowest BCUT2D eigenvalue weighted by Crippen LogP contribution is -2.44. The smallest absolute Gasteiger partial charge is 0.315 e. The van der Waals surface area contributed by atoms with Gasteiger partial charge in [0.25, 0.3) is 0 Å². The van der Waals surface area contributed by atoms with Crippen molar-refractivity contribution in [2.45, 2.75) is 89.5 Å². The number of rotatable bonds is 5. The number of likely N-dealkylation sites (tertiary alicyclic amines) is 1. The standard InChI is InChI=1S/C19H33N3O3/c1-13(2)25-19(3)12-16(19)21-18(24)20-15-8-7-14(11-15)17(23)22-9-5-4-6-10-22/h13-16H,4-12H2,1-3H3,(H2,20,21,24)/t14-,15+,16-,19+/m1/s1. The topological polar surface area (TPSA) is 70.7 Å². The van der Waals surface area contributed by atoms with E-state index in [2.05, 4.69) is 10.6 Å². The lowest BCUT2D eigenvalue weighted by molar-refractivity contribution is -0.136. The molecule has 1 saturated heterocycles. The molecule has 142 valence electrons. The second kappa shape index (κ2) is 7.52. The number of carbonyl (C=O) groups is 2. The van der Waals surface area contributed by atoms with E-state index in [-0.39, 0.29) is 35.7 Å². The molecule has 0 aromatic heterocycles. The molecule has 3 amide bonds. The highest BCUT2D eigenvalue weighted by Crippen LogP contribution is 2.40. The summed E-state index contributed by atoms with van der Waals surface area (Å²) >= 11 is 0. The highest BCUT2D eigenvalue weighted by molar-refractivity contribution is 5.80. The molecule has 4 atom stereocenters. The Morgan fingerprint density at radius 1 is 1.12 bits per heavy atom. The van der Waals surface area contributed by atoms with E-state index in [1.165, 1.54) is 6.42 Å². The largest absolute Gasteiger partial charge is 0.370 e. The maximum Gasteiger partial charge on any atom is 0.315 e. The predicted octanol–water partition coefficient (Wildman–Crippen LogP) is 2.42. The van der Waals surface area contributed by atoms with Gasteiger partial charge >= 0.3 is 6.03 Å². The van der Waals surface area contributed by atoms with Crippen LogP contribution in [-0.2, 0) is 9.53 Å². The number of nitrogens with one attached hydrogen (secondary N) is 2. The molecular formula is C19H33N3O3. The summed E-state index contributed by atoms with van der Waals surface area (Å²) in [5.74, 6) is 0.378. The summed E-state index contributed by atoms with van der Waals surface area (Å²) in [7, 11) is 0. The van der Waals surface area contributed by atoms with Gasteiger partial charge in [-0.2, -0.15) is 0 Å². The minimum absolute atomic E-state index is 0.0823. The van der Waals surface area contributed by atoms with Crippen LogP contribution in [0.3, 0.4) is 0 Å². The average Bonchev–Trinajstić information content (AvgIpc) is 2.96. The minimum Gasteiger partial charge on any atom is -0.370 e. The fourth-order valence-corrected chi connectivity index (χ4v) is 4.31. The molecule has 3 fully saturated rings. The zero-order valence-corrected chi connectivity index (χ0v) is 15.8. The highest BCUT2D eigenvalue weighted by Gasteiger charge is 2.53. The van der Waals surface area contributed by atoms with Crippen LogP contribution in [-0.4, -0.2) is 53.7 Å². The summed E-state index contributed by atoms with van der Waals surface area (Å²) in [5, 5.41) is 6.07. The number of hydrogen-bond donors (Lipinski definition) is 2. The van der Waals surface area contributed by atoms with Crippen molar-refractivity contribution in [3.8, 4) is 0 Å². The van der Waals surface area contributed by atoms with E-state index in [1.807, 2.05) is 25.7 Å². The van der Waals surface area contributed by atoms with E-state index < -0.39 is 0 Å². The molecule has 2 saturated carbocycles. The molecule has 2 N–H and O–H groups in total. The first-order valence-electron chi connectivity index (χ1n) is 9.91. The third-order valence-corrected chi connectivity index (χ3v) is 5.78. The fraction of sp³-hybridized carbons (Fsp3) is 0.895. The Labute approximate surface area is 151 Å². The van der Waals surface area contributed by atoms with Gasteiger partial charge in [-0.1, -0.05) is 0 Å². The predicted molar refractivity (Wildman–Crippen MR) is 96.3 cm³/mol. The van der Waals surface area contributed by atoms with Crippen molar-refractivity contribution in [3.63, 3.8) is 0 Å². The quantitative estimate of drug-likeness (QED) is 0.799. The van der Waals surface area contributed by atoms with Gasteiger partial charge in [0.1, 0.15) is 0 Å². The first-order chi connectivity index (χ1) is 11.9. The van der Waals surface area contributed by atoms with E-state index in [9.17, 15) is 9.59 Å². The molecule has 0 aromatic rings. The molecule has 1 aliphatic heterocycles. The third kappa shape index (κ3) is 4.66. The second-order valence-electron chi connectivity index (χ2n) is 8.45. The molecule has 25 heavy (non-hydrogen) atoms. The molecule has 6 nitrogen and oxygen atoms in total. The van der Waals surface area contributed by atoms with Gasteiger partial charge in [-0.15, -0.1) is 0 Å².